The SMILES string of the molecule is CCOC(=O)N(CC)/N=C(\CC)c1cc(Cl)ccc1NC. The number of nitrogens with one attached hydrogen (secondary N) is 1. The van der Waals surface area contributed by atoms with Crippen molar-refractivity contribution in [3.8, 4) is 0 Å². The van der Waals surface area contributed by atoms with Crippen LogP contribution in [-0.4, -0.2) is 37.0 Å². The van der Waals surface area contributed by atoms with Crippen LogP contribution >= 0.6 is 11.6 Å². The average molecular weight is 312 g/mol. The first kappa shape index (κ1) is 17.3. The molecule has 1 rings (SSSR count). The number of anilines is 1. The van der Waals surface area contributed by atoms with Crippen molar-refractivity contribution in [1.82, 2.24) is 5.01 Å². The Kier molecular flexibility index (Phi) is 7.02. The van der Waals surface area contributed by atoms with E-state index in [0.29, 0.717) is 24.6 Å². The van der Waals surface area contributed by atoms with Crippen molar-refractivity contribution in [2.45, 2.75) is 27.2 Å². The molecule has 1 aromatic carbocycles. The van der Waals surface area contributed by atoms with Crippen LogP contribution in [0.3, 0.4) is 0 Å². The van der Waals surface area contributed by atoms with Gasteiger partial charge in [-0.05, 0) is 38.5 Å². The second-order valence-corrected chi connectivity index (χ2v) is 4.69. The van der Waals surface area contributed by atoms with Gasteiger partial charge in [0.05, 0.1) is 12.3 Å². The number of benzene rings is 1. The monoisotopic (exact) mass is 311 g/mol. The summed E-state index contributed by atoms with van der Waals surface area (Å²) in [5, 5.41) is 9.49. The Morgan fingerprint density at radius 3 is 2.62 bits per heavy atom. The van der Waals surface area contributed by atoms with Crippen molar-refractivity contribution in [3.05, 3.63) is 28.8 Å². The number of ether oxygens (including phenoxy) is 1. The highest BCUT2D eigenvalue weighted by molar-refractivity contribution is 6.31. The standard InChI is InChI=1S/C15H22ClN3O2/c1-5-13(18-19(6-2)15(20)21-7-3)12-10-11(16)8-9-14(12)17-4/h8-10,17H,5-7H2,1-4H3/b18-13+. The van der Waals surface area contributed by atoms with E-state index in [9.17, 15) is 4.79 Å². The minimum absolute atomic E-state index is 0.325. The van der Waals surface area contributed by atoms with Crippen LogP contribution in [0.15, 0.2) is 23.3 Å². The van der Waals surface area contributed by atoms with Crippen LogP contribution < -0.4 is 5.32 Å². The molecule has 0 aliphatic heterocycles. The zero-order valence-corrected chi connectivity index (χ0v) is 13.7. The van der Waals surface area contributed by atoms with E-state index in [1.807, 2.05) is 39.1 Å². The Bertz CT molecular complexity index is 518. The fourth-order valence-electron chi connectivity index (χ4n) is 1.87. The smallest absolute Gasteiger partial charge is 0.430 e. The number of hydrogen-bond donors (Lipinski definition) is 1. The summed E-state index contributed by atoms with van der Waals surface area (Å²) in [4.78, 5) is 11.8. The van der Waals surface area contributed by atoms with Crippen molar-refractivity contribution >= 4 is 29.1 Å². The summed E-state index contributed by atoms with van der Waals surface area (Å²) in [6, 6.07) is 5.55. The first-order valence-electron chi connectivity index (χ1n) is 7.06. The lowest BCUT2D eigenvalue weighted by Gasteiger charge is -2.18. The molecular formula is C15H22ClN3O2. The largest absolute Gasteiger partial charge is 0.448 e. The van der Waals surface area contributed by atoms with Gasteiger partial charge in [0.1, 0.15) is 0 Å². The summed E-state index contributed by atoms with van der Waals surface area (Å²) >= 11 is 6.07. The third kappa shape index (κ3) is 4.63. The molecule has 0 atom stereocenters. The van der Waals surface area contributed by atoms with E-state index >= 15 is 0 Å². The maximum atomic E-state index is 11.8. The number of hydrazone groups is 1. The molecule has 1 aromatic rings. The molecule has 5 nitrogen and oxygen atoms in total. The van der Waals surface area contributed by atoms with Crippen molar-refractivity contribution < 1.29 is 9.53 Å². The van der Waals surface area contributed by atoms with Gasteiger partial charge in [0.15, 0.2) is 0 Å². The van der Waals surface area contributed by atoms with E-state index in [4.69, 9.17) is 16.3 Å². The van der Waals surface area contributed by atoms with E-state index in [-0.39, 0.29) is 0 Å². The Hall–Kier alpha value is -1.75. The van der Waals surface area contributed by atoms with Gasteiger partial charge in [-0.3, -0.25) is 0 Å². The lowest BCUT2D eigenvalue weighted by Crippen LogP contribution is -2.28. The number of nitrogens with zero attached hydrogens (tertiary/aromatic N) is 2. The number of carbonyl (C=O) groups excluding carboxylic acids is 1. The zero-order chi connectivity index (χ0) is 15.8. The van der Waals surface area contributed by atoms with Crippen LogP contribution in [0.4, 0.5) is 10.5 Å². The normalized spacial score (nSPS) is 11.2. The summed E-state index contributed by atoms with van der Waals surface area (Å²) in [5.41, 5.74) is 2.58. The van der Waals surface area contributed by atoms with Gasteiger partial charge in [0, 0.05) is 29.9 Å². The highest BCUT2D eigenvalue weighted by Gasteiger charge is 2.15. The van der Waals surface area contributed by atoms with Gasteiger partial charge in [-0.15, -0.1) is 0 Å². The molecular weight excluding hydrogens is 290 g/mol. The Morgan fingerprint density at radius 1 is 1.38 bits per heavy atom. The summed E-state index contributed by atoms with van der Waals surface area (Å²) in [6.45, 7) is 6.37. The van der Waals surface area contributed by atoms with Crippen LogP contribution in [0, 0.1) is 0 Å². The van der Waals surface area contributed by atoms with Crippen molar-refractivity contribution in [1.29, 1.82) is 0 Å². The molecule has 0 aliphatic carbocycles. The minimum atomic E-state index is -0.445. The number of carbonyl (C=O) groups is 1. The van der Waals surface area contributed by atoms with Crippen LogP contribution in [0.2, 0.25) is 5.02 Å². The zero-order valence-electron chi connectivity index (χ0n) is 12.9. The van der Waals surface area contributed by atoms with Gasteiger partial charge >= 0.3 is 6.09 Å². The lowest BCUT2D eigenvalue weighted by atomic mass is 10.1. The third-order valence-electron chi connectivity index (χ3n) is 2.92. The summed E-state index contributed by atoms with van der Waals surface area (Å²) < 4.78 is 4.99. The number of rotatable bonds is 6. The molecule has 0 spiro atoms. The molecule has 0 radical (unpaired) electrons. The van der Waals surface area contributed by atoms with Gasteiger partial charge < -0.3 is 10.1 Å². The van der Waals surface area contributed by atoms with Crippen molar-refractivity contribution in [2.75, 3.05) is 25.5 Å². The molecule has 0 heterocycles. The van der Waals surface area contributed by atoms with Gasteiger partial charge in [0.25, 0.3) is 0 Å². The molecule has 116 valence electrons. The molecule has 0 unspecified atom stereocenters. The topological polar surface area (TPSA) is 53.9 Å². The minimum Gasteiger partial charge on any atom is -0.448 e. The quantitative estimate of drug-likeness (QED) is 0.638. The molecule has 0 aromatic heterocycles. The molecule has 0 saturated heterocycles. The fraction of sp³-hybridized carbons (Fsp3) is 0.467. The first-order chi connectivity index (χ1) is 10.1. The van der Waals surface area contributed by atoms with Gasteiger partial charge in [0.2, 0.25) is 0 Å². The number of hydrogen-bond acceptors (Lipinski definition) is 4. The molecule has 0 saturated carbocycles. The second kappa shape index (κ2) is 8.52. The number of amides is 1. The number of halogens is 1. The molecule has 1 amide bonds. The Balaban J connectivity index is 3.19. The van der Waals surface area contributed by atoms with Crippen LogP contribution in [0.5, 0.6) is 0 Å². The van der Waals surface area contributed by atoms with Gasteiger partial charge in [-0.25, -0.2) is 4.79 Å². The predicted octanol–water partition coefficient (Wildman–Crippen LogP) is 3.97. The second-order valence-electron chi connectivity index (χ2n) is 4.25. The van der Waals surface area contributed by atoms with E-state index in [2.05, 4.69) is 10.4 Å². The van der Waals surface area contributed by atoms with Crippen LogP contribution in [0.1, 0.15) is 32.8 Å². The van der Waals surface area contributed by atoms with Gasteiger partial charge in [-0.2, -0.15) is 10.1 Å². The molecule has 1 N–H and O–H groups in total. The third-order valence-corrected chi connectivity index (χ3v) is 3.15. The van der Waals surface area contributed by atoms with E-state index in [1.54, 1.807) is 6.92 Å². The van der Waals surface area contributed by atoms with E-state index in [1.165, 1.54) is 5.01 Å². The Labute approximate surface area is 130 Å². The summed E-state index contributed by atoms with van der Waals surface area (Å²) in [7, 11) is 1.84. The molecule has 21 heavy (non-hydrogen) atoms. The summed E-state index contributed by atoms with van der Waals surface area (Å²) in [6.07, 6.45) is 0.226. The average Bonchev–Trinajstić information content (AvgIpc) is 2.48. The molecule has 0 aliphatic rings. The van der Waals surface area contributed by atoms with Gasteiger partial charge in [-0.1, -0.05) is 18.5 Å². The van der Waals surface area contributed by atoms with Crippen LogP contribution in [0.25, 0.3) is 0 Å². The highest BCUT2D eigenvalue weighted by Crippen LogP contribution is 2.22. The maximum absolute atomic E-state index is 11.8. The summed E-state index contributed by atoms with van der Waals surface area (Å²) in [5.74, 6) is 0. The maximum Gasteiger partial charge on any atom is 0.430 e. The Morgan fingerprint density at radius 2 is 2.10 bits per heavy atom. The lowest BCUT2D eigenvalue weighted by molar-refractivity contribution is 0.110. The van der Waals surface area contributed by atoms with Crippen molar-refractivity contribution in [3.63, 3.8) is 0 Å². The molecule has 6 heteroatoms. The molecule has 0 bridgehead atoms. The van der Waals surface area contributed by atoms with E-state index < -0.39 is 6.09 Å². The highest BCUT2D eigenvalue weighted by atomic mass is 35.5. The van der Waals surface area contributed by atoms with Crippen molar-refractivity contribution in [2.24, 2.45) is 5.10 Å². The molecule has 0 fully saturated rings. The fourth-order valence-corrected chi connectivity index (χ4v) is 2.04. The predicted molar refractivity (Wildman–Crippen MR) is 87.2 cm³/mol. The van der Waals surface area contributed by atoms with E-state index in [0.717, 1.165) is 17.0 Å². The first-order valence-corrected chi connectivity index (χ1v) is 7.44. The van der Waals surface area contributed by atoms with Crippen LogP contribution in [-0.2, 0) is 4.74 Å².